The molecule has 4 rings (SSSR count). The number of carbonyl (C=O) groups excluding carboxylic acids is 1. The van der Waals surface area contributed by atoms with Crippen molar-refractivity contribution in [1.82, 2.24) is 19.9 Å². The van der Waals surface area contributed by atoms with Crippen LogP contribution in [0.5, 0.6) is 0 Å². The van der Waals surface area contributed by atoms with E-state index in [1.165, 1.54) is 30.9 Å². The van der Waals surface area contributed by atoms with Crippen LogP contribution >= 0.6 is 0 Å². The molecule has 0 aliphatic carbocycles. The van der Waals surface area contributed by atoms with Gasteiger partial charge in [0.1, 0.15) is 5.82 Å². The van der Waals surface area contributed by atoms with Crippen LogP contribution in [0.3, 0.4) is 0 Å². The lowest BCUT2D eigenvalue weighted by molar-refractivity contribution is -0.124. The van der Waals surface area contributed by atoms with E-state index in [0.717, 1.165) is 48.4 Å². The third kappa shape index (κ3) is 5.03. The highest BCUT2D eigenvalue weighted by Gasteiger charge is 2.22. The first-order chi connectivity index (χ1) is 15.2. The summed E-state index contributed by atoms with van der Waals surface area (Å²) in [5.41, 5.74) is 5.85. The van der Waals surface area contributed by atoms with Gasteiger partial charge in [0.25, 0.3) is 5.91 Å². The van der Waals surface area contributed by atoms with Crippen molar-refractivity contribution >= 4 is 23.0 Å². The number of nitrogens with one attached hydrogen (secondary N) is 1. The highest BCUT2D eigenvalue weighted by Crippen LogP contribution is 2.27. The summed E-state index contributed by atoms with van der Waals surface area (Å²) in [6.07, 6.45) is 8.86. The van der Waals surface area contributed by atoms with Crippen molar-refractivity contribution < 1.29 is 10.0 Å². The zero-order valence-corrected chi connectivity index (χ0v) is 18.0. The monoisotopic (exact) mass is 418 g/mol. The summed E-state index contributed by atoms with van der Waals surface area (Å²) in [6, 6.07) is 16.6. The van der Waals surface area contributed by atoms with Crippen molar-refractivity contribution in [2.24, 2.45) is 0 Å². The first-order valence-corrected chi connectivity index (χ1v) is 11.1. The summed E-state index contributed by atoms with van der Waals surface area (Å²) in [4.78, 5) is 18.9. The smallest absolute Gasteiger partial charge is 0.267 e. The molecule has 162 valence electrons. The first-order valence-electron chi connectivity index (χ1n) is 11.1. The molecular weight excluding hydrogens is 388 g/mol. The molecule has 0 saturated carbocycles. The number of hydroxylamine groups is 1. The number of hydrogen-bond acceptors (Lipinski definition) is 4. The highest BCUT2D eigenvalue weighted by atomic mass is 16.5. The van der Waals surface area contributed by atoms with Crippen molar-refractivity contribution in [1.29, 1.82) is 0 Å². The number of hydrogen-bond donors (Lipinski definition) is 2. The predicted octanol–water partition coefficient (Wildman–Crippen LogP) is 4.34. The number of nitrogens with zero attached hydrogens (tertiary/aromatic N) is 3. The van der Waals surface area contributed by atoms with Crippen LogP contribution in [0.15, 0.2) is 54.6 Å². The average molecular weight is 419 g/mol. The maximum atomic E-state index is 11.3. The summed E-state index contributed by atoms with van der Waals surface area (Å²) in [5, 5.41) is 8.69. The molecule has 31 heavy (non-hydrogen) atoms. The Morgan fingerprint density at radius 1 is 1.13 bits per heavy atom. The van der Waals surface area contributed by atoms with Crippen LogP contribution < -0.4 is 5.48 Å². The molecule has 1 fully saturated rings. The van der Waals surface area contributed by atoms with Gasteiger partial charge in [0.05, 0.1) is 17.2 Å². The third-order valence-electron chi connectivity index (χ3n) is 6.10. The van der Waals surface area contributed by atoms with Gasteiger partial charge in [-0.1, -0.05) is 42.8 Å². The fraction of sp³-hybridized carbons (Fsp3) is 0.360. The Hall–Kier alpha value is -2.96. The fourth-order valence-corrected chi connectivity index (χ4v) is 4.43. The number of carbonyl (C=O) groups is 1. The summed E-state index contributed by atoms with van der Waals surface area (Å²) in [6.45, 7) is 4.52. The maximum Gasteiger partial charge on any atom is 0.267 e. The molecule has 1 aliphatic heterocycles. The minimum absolute atomic E-state index is 0.248. The molecule has 6 nitrogen and oxygen atoms in total. The lowest BCUT2D eigenvalue weighted by Gasteiger charge is -2.34. The number of likely N-dealkylation sites (tertiary alicyclic amines) is 1. The average Bonchev–Trinajstić information content (AvgIpc) is 3.19. The van der Waals surface area contributed by atoms with E-state index in [2.05, 4.69) is 46.7 Å². The second-order valence-electron chi connectivity index (χ2n) is 8.17. The van der Waals surface area contributed by atoms with Crippen LogP contribution in [0.4, 0.5) is 0 Å². The van der Waals surface area contributed by atoms with E-state index in [4.69, 9.17) is 10.2 Å². The number of rotatable bonds is 7. The van der Waals surface area contributed by atoms with Crippen LogP contribution in [0.25, 0.3) is 17.1 Å². The standard InChI is InChI=1S/C25H30N4O2/c1-19(28-16-6-3-7-17-28)29-23-13-10-21(12-15-25(30)27-31)18-22(23)26-24(29)14-11-20-8-4-2-5-9-20/h2,4-5,8-10,12-13,15,18-19,31H,3,6-7,11,14,16-17H2,1H3,(H,27,30). The lowest BCUT2D eigenvalue weighted by atomic mass is 10.1. The fourth-order valence-electron chi connectivity index (χ4n) is 4.43. The summed E-state index contributed by atoms with van der Waals surface area (Å²) in [7, 11) is 0. The van der Waals surface area contributed by atoms with E-state index >= 15 is 0 Å². The number of piperidine rings is 1. The molecule has 0 radical (unpaired) electrons. The van der Waals surface area contributed by atoms with Gasteiger partial charge in [0, 0.05) is 25.6 Å². The van der Waals surface area contributed by atoms with Gasteiger partial charge >= 0.3 is 0 Å². The van der Waals surface area contributed by atoms with Crippen LogP contribution in [-0.4, -0.2) is 38.7 Å². The number of aryl methyl sites for hydroxylation is 2. The molecule has 3 aromatic rings. The number of aromatic nitrogens is 2. The second kappa shape index (κ2) is 9.90. The van der Waals surface area contributed by atoms with Crippen LogP contribution in [0, 0.1) is 0 Å². The first kappa shape index (κ1) is 21.3. The van der Waals surface area contributed by atoms with Crippen LogP contribution in [-0.2, 0) is 17.6 Å². The Labute approximate surface area is 183 Å². The third-order valence-corrected chi connectivity index (χ3v) is 6.10. The number of amides is 1. The molecule has 6 heteroatoms. The molecule has 0 bridgehead atoms. The van der Waals surface area contributed by atoms with E-state index in [1.54, 1.807) is 11.6 Å². The molecule has 2 heterocycles. The number of benzene rings is 2. The summed E-state index contributed by atoms with van der Waals surface area (Å²) in [5.74, 6) is 0.541. The van der Waals surface area contributed by atoms with Gasteiger partial charge in [-0.15, -0.1) is 0 Å². The molecule has 1 aromatic heterocycles. The molecular formula is C25H30N4O2. The van der Waals surface area contributed by atoms with Gasteiger partial charge in [0.2, 0.25) is 0 Å². The molecule has 1 amide bonds. The van der Waals surface area contributed by atoms with Crippen molar-refractivity contribution in [2.75, 3.05) is 13.1 Å². The topological polar surface area (TPSA) is 70.4 Å². The van der Waals surface area contributed by atoms with Crippen LogP contribution in [0.1, 0.15) is 49.3 Å². The molecule has 1 atom stereocenters. The van der Waals surface area contributed by atoms with Gasteiger partial charge in [0.15, 0.2) is 0 Å². The molecule has 2 N–H and O–H groups in total. The van der Waals surface area contributed by atoms with Crippen LogP contribution in [0.2, 0.25) is 0 Å². The Bertz CT molecular complexity index is 1050. The van der Waals surface area contributed by atoms with Crippen molar-refractivity contribution in [3.63, 3.8) is 0 Å². The predicted molar refractivity (Wildman–Crippen MR) is 123 cm³/mol. The van der Waals surface area contributed by atoms with Crippen molar-refractivity contribution in [3.05, 3.63) is 71.6 Å². The molecule has 1 aliphatic rings. The molecule has 0 spiro atoms. The van der Waals surface area contributed by atoms with Gasteiger partial charge < -0.3 is 4.57 Å². The molecule has 1 saturated heterocycles. The van der Waals surface area contributed by atoms with E-state index in [1.807, 2.05) is 18.2 Å². The Morgan fingerprint density at radius 2 is 1.90 bits per heavy atom. The normalized spacial score (nSPS) is 16.1. The van der Waals surface area contributed by atoms with Crippen molar-refractivity contribution in [3.8, 4) is 0 Å². The summed E-state index contributed by atoms with van der Waals surface area (Å²) >= 11 is 0. The van der Waals surface area contributed by atoms with Gasteiger partial charge in [-0.3, -0.25) is 14.9 Å². The second-order valence-corrected chi connectivity index (χ2v) is 8.17. The van der Waals surface area contributed by atoms with Gasteiger partial charge in [-0.05, 0) is 55.5 Å². The minimum atomic E-state index is -0.548. The largest absolute Gasteiger partial charge is 0.312 e. The van der Waals surface area contributed by atoms with E-state index in [0.29, 0.717) is 0 Å². The zero-order valence-electron chi connectivity index (χ0n) is 18.0. The lowest BCUT2D eigenvalue weighted by Crippen LogP contribution is -2.35. The summed E-state index contributed by atoms with van der Waals surface area (Å²) < 4.78 is 2.39. The molecule has 2 aromatic carbocycles. The van der Waals surface area contributed by atoms with Gasteiger partial charge in [-0.25, -0.2) is 10.5 Å². The Morgan fingerprint density at radius 3 is 2.65 bits per heavy atom. The Balaban J connectivity index is 1.67. The van der Waals surface area contributed by atoms with E-state index in [9.17, 15) is 4.79 Å². The van der Waals surface area contributed by atoms with Crippen molar-refractivity contribution in [2.45, 2.75) is 45.2 Å². The minimum Gasteiger partial charge on any atom is -0.312 e. The Kier molecular flexibility index (Phi) is 6.79. The zero-order chi connectivity index (χ0) is 21.6. The van der Waals surface area contributed by atoms with E-state index < -0.39 is 5.91 Å². The number of fused-ring (bicyclic) bond motifs is 1. The molecule has 1 unspecified atom stereocenters. The maximum absolute atomic E-state index is 11.3. The highest BCUT2D eigenvalue weighted by molar-refractivity contribution is 5.91. The SMILES string of the molecule is CC(N1CCCCC1)n1c(CCc2ccccc2)nc2cc(C=CC(=O)NO)ccc21. The van der Waals surface area contributed by atoms with E-state index in [-0.39, 0.29) is 6.17 Å². The quantitative estimate of drug-likeness (QED) is 0.340. The number of imidazole rings is 1. The van der Waals surface area contributed by atoms with Gasteiger partial charge in [-0.2, -0.15) is 0 Å².